The number of ketones is 1. The van der Waals surface area contributed by atoms with E-state index >= 15 is 0 Å². The number of rotatable bonds is 4. The molecule has 0 amide bonds. The molecule has 0 aliphatic heterocycles. The van der Waals surface area contributed by atoms with Crippen molar-refractivity contribution in [1.29, 1.82) is 0 Å². The maximum Gasteiger partial charge on any atom is 0.317 e. The number of hydrogen-bond donors (Lipinski definition) is 0. The lowest BCUT2D eigenvalue weighted by atomic mass is 9.77. The molecule has 0 fully saturated rings. The number of carbonyl (C=O) groups is 2. The summed E-state index contributed by atoms with van der Waals surface area (Å²) in [5, 5.41) is 0. The standard InChI is InChI=1S/C16H18O4/c1-3-20-12-9-13(11-7-5-4-6-8-11)15(14(17)10-12)16(18)19-2/h4-8,10,13,15H,3,9H2,1-2H3/t13-,15+/m0/s1. The topological polar surface area (TPSA) is 52.6 Å². The van der Waals surface area contributed by atoms with E-state index < -0.39 is 11.9 Å². The Kier molecular flexibility index (Phi) is 4.56. The van der Waals surface area contributed by atoms with Crippen LogP contribution in [0.2, 0.25) is 0 Å². The smallest absolute Gasteiger partial charge is 0.317 e. The Balaban J connectivity index is 2.37. The van der Waals surface area contributed by atoms with E-state index in [0.29, 0.717) is 18.8 Å². The third kappa shape index (κ3) is 2.90. The summed E-state index contributed by atoms with van der Waals surface area (Å²) in [6.45, 7) is 2.37. The maximum absolute atomic E-state index is 12.2. The summed E-state index contributed by atoms with van der Waals surface area (Å²) in [5.74, 6) is -1.13. The highest BCUT2D eigenvalue weighted by Gasteiger charge is 2.39. The Labute approximate surface area is 118 Å². The average Bonchev–Trinajstić information content (AvgIpc) is 2.47. The zero-order valence-electron chi connectivity index (χ0n) is 11.7. The Hall–Kier alpha value is -2.10. The van der Waals surface area contributed by atoms with Gasteiger partial charge in [-0.05, 0) is 12.5 Å². The number of esters is 1. The van der Waals surface area contributed by atoms with Crippen LogP contribution in [-0.4, -0.2) is 25.5 Å². The number of methoxy groups -OCH3 is 1. The first kappa shape index (κ1) is 14.3. The first-order valence-corrected chi connectivity index (χ1v) is 6.67. The Morgan fingerprint density at radius 2 is 2.00 bits per heavy atom. The maximum atomic E-state index is 12.2. The second-order valence-corrected chi connectivity index (χ2v) is 4.67. The monoisotopic (exact) mass is 274 g/mol. The van der Waals surface area contributed by atoms with Crippen molar-refractivity contribution < 1.29 is 19.1 Å². The van der Waals surface area contributed by atoms with Crippen molar-refractivity contribution in [3.8, 4) is 0 Å². The van der Waals surface area contributed by atoms with Crippen LogP contribution < -0.4 is 0 Å². The van der Waals surface area contributed by atoms with Crippen LogP contribution in [0.15, 0.2) is 42.2 Å². The minimum atomic E-state index is -0.786. The van der Waals surface area contributed by atoms with Crippen LogP contribution in [0.4, 0.5) is 0 Å². The fourth-order valence-corrected chi connectivity index (χ4v) is 2.54. The number of carbonyl (C=O) groups excluding carboxylic acids is 2. The molecule has 0 unspecified atom stereocenters. The quantitative estimate of drug-likeness (QED) is 0.625. The lowest BCUT2D eigenvalue weighted by molar-refractivity contribution is -0.149. The van der Waals surface area contributed by atoms with Gasteiger partial charge in [-0.2, -0.15) is 0 Å². The van der Waals surface area contributed by atoms with Crippen LogP contribution >= 0.6 is 0 Å². The Morgan fingerprint density at radius 1 is 1.30 bits per heavy atom. The van der Waals surface area contributed by atoms with Gasteiger partial charge in [-0.3, -0.25) is 9.59 Å². The van der Waals surface area contributed by atoms with Gasteiger partial charge < -0.3 is 9.47 Å². The summed E-state index contributed by atoms with van der Waals surface area (Å²) in [5.41, 5.74) is 0.946. The van der Waals surface area contributed by atoms with Gasteiger partial charge in [-0.15, -0.1) is 0 Å². The molecule has 2 atom stereocenters. The summed E-state index contributed by atoms with van der Waals surface area (Å²) in [4.78, 5) is 24.1. The zero-order chi connectivity index (χ0) is 14.5. The molecule has 0 aromatic heterocycles. The van der Waals surface area contributed by atoms with Crippen molar-refractivity contribution in [2.45, 2.75) is 19.3 Å². The van der Waals surface area contributed by atoms with Crippen molar-refractivity contribution >= 4 is 11.8 Å². The molecular weight excluding hydrogens is 256 g/mol. The first-order chi connectivity index (χ1) is 9.67. The van der Waals surface area contributed by atoms with E-state index in [2.05, 4.69) is 0 Å². The molecule has 0 radical (unpaired) electrons. The van der Waals surface area contributed by atoms with Crippen molar-refractivity contribution in [3.05, 3.63) is 47.7 Å². The molecule has 0 spiro atoms. The first-order valence-electron chi connectivity index (χ1n) is 6.67. The van der Waals surface area contributed by atoms with E-state index in [1.54, 1.807) is 0 Å². The van der Waals surface area contributed by atoms with E-state index in [1.807, 2.05) is 37.3 Å². The molecule has 1 aliphatic rings. The highest BCUT2D eigenvalue weighted by molar-refractivity contribution is 6.06. The van der Waals surface area contributed by atoms with Gasteiger partial charge in [-0.1, -0.05) is 30.3 Å². The predicted octanol–water partition coefficient (Wildman–Crippen LogP) is 2.45. The largest absolute Gasteiger partial charge is 0.498 e. The molecule has 106 valence electrons. The number of ether oxygens (including phenoxy) is 2. The average molecular weight is 274 g/mol. The summed E-state index contributed by atoms with van der Waals surface area (Å²) < 4.78 is 10.2. The fraction of sp³-hybridized carbons (Fsp3) is 0.375. The van der Waals surface area contributed by atoms with Crippen LogP contribution in [0.25, 0.3) is 0 Å². The van der Waals surface area contributed by atoms with Crippen LogP contribution in [-0.2, 0) is 19.1 Å². The van der Waals surface area contributed by atoms with Gasteiger partial charge in [0, 0.05) is 18.4 Å². The molecule has 1 aliphatic carbocycles. The number of benzene rings is 1. The summed E-state index contributed by atoms with van der Waals surface area (Å²) in [7, 11) is 1.31. The van der Waals surface area contributed by atoms with Gasteiger partial charge in [0.15, 0.2) is 5.78 Å². The molecule has 1 aromatic rings. The van der Waals surface area contributed by atoms with Crippen LogP contribution in [0.1, 0.15) is 24.8 Å². The second kappa shape index (κ2) is 6.37. The molecular formula is C16H18O4. The SMILES string of the molecule is CCOC1=CC(=O)[C@H](C(=O)OC)[C@H](c2ccccc2)C1. The van der Waals surface area contributed by atoms with Crippen molar-refractivity contribution in [2.24, 2.45) is 5.92 Å². The van der Waals surface area contributed by atoms with Gasteiger partial charge in [0.2, 0.25) is 0 Å². The molecule has 4 nitrogen and oxygen atoms in total. The van der Waals surface area contributed by atoms with Crippen LogP contribution in [0.3, 0.4) is 0 Å². The molecule has 0 bridgehead atoms. The van der Waals surface area contributed by atoms with E-state index in [1.165, 1.54) is 13.2 Å². The highest BCUT2D eigenvalue weighted by Crippen LogP contribution is 2.36. The third-order valence-corrected chi connectivity index (χ3v) is 3.45. The molecule has 0 heterocycles. The summed E-state index contributed by atoms with van der Waals surface area (Å²) in [6, 6.07) is 9.53. The summed E-state index contributed by atoms with van der Waals surface area (Å²) in [6.07, 6.45) is 1.95. The lowest BCUT2D eigenvalue weighted by Crippen LogP contribution is -2.34. The lowest BCUT2D eigenvalue weighted by Gasteiger charge is -2.28. The second-order valence-electron chi connectivity index (χ2n) is 4.67. The van der Waals surface area contributed by atoms with Crippen molar-refractivity contribution in [1.82, 2.24) is 0 Å². The van der Waals surface area contributed by atoms with Gasteiger partial charge in [0.05, 0.1) is 13.7 Å². The molecule has 4 heteroatoms. The number of allylic oxidation sites excluding steroid dienone is 2. The van der Waals surface area contributed by atoms with Gasteiger partial charge in [-0.25, -0.2) is 0 Å². The molecule has 0 N–H and O–H groups in total. The Bertz CT molecular complexity index is 519. The predicted molar refractivity (Wildman–Crippen MR) is 74.0 cm³/mol. The van der Waals surface area contributed by atoms with Gasteiger partial charge >= 0.3 is 5.97 Å². The molecule has 20 heavy (non-hydrogen) atoms. The minimum absolute atomic E-state index is 0.234. The van der Waals surface area contributed by atoms with E-state index in [0.717, 1.165) is 5.56 Å². The van der Waals surface area contributed by atoms with Crippen molar-refractivity contribution in [2.75, 3.05) is 13.7 Å². The van der Waals surface area contributed by atoms with E-state index in [9.17, 15) is 9.59 Å². The molecule has 2 rings (SSSR count). The zero-order valence-corrected chi connectivity index (χ0v) is 11.7. The summed E-state index contributed by atoms with van der Waals surface area (Å²) >= 11 is 0. The van der Waals surface area contributed by atoms with E-state index in [-0.39, 0.29) is 11.7 Å². The number of hydrogen-bond acceptors (Lipinski definition) is 4. The molecule has 1 aromatic carbocycles. The molecule has 0 saturated carbocycles. The Morgan fingerprint density at radius 3 is 2.60 bits per heavy atom. The minimum Gasteiger partial charge on any atom is -0.498 e. The van der Waals surface area contributed by atoms with Crippen molar-refractivity contribution in [3.63, 3.8) is 0 Å². The van der Waals surface area contributed by atoms with E-state index in [4.69, 9.17) is 9.47 Å². The van der Waals surface area contributed by atoms with Gasteiger partial charge in [0.25, 0.3) is 0 Å². The highest BCUT2D eigenvalue weighted by atomic mass is 16.5. The molecule has 0 saturated heterocycles. The van der Waals surface area contributed by atoms with Gasteiger partial charge in [0.1, 0.15) is 11.7 Å². The fourth-order valence-electron chi connectivity index (χ4n) is 2.54. The van der Waals surface area contributed by atoms with Crippen LogP contribution in [0, 0.1) is 5.92 Å². The normalized spacial score (nSPS) is 22.1. The third-order valence-electron chi connectivity index (χ3n) is 3.45. The van der Waals surface area contributed by atoms with Crippen LogP contribution in [0.5, 0.6) is 0 Å².